The van der Waals surface area contributed by atoms with E-state index in [1.54, 1.807) is 12.0 Å². The number of hydrogen-bond acceptors (Lipinski definition) is 4. The fraction of sp³-hybridized carbons (Fsp3) is 0.462. The summed E-state index contributed by atoms with van der Waals surface area (Å²) in [7, 11) is 1.59. The van der Waals surface area contributed by atoms with E-state index in [1.807, 2.05) is 18.2 Å². The van der Waals surface area contributed by atoms with Gasteiger partial charge in [-0.1, -0.05) is 6.07 Å². The highest BCUT2D eigenvalue weighted by atomic mass is 16.5. The number of hydrogen-bond donors (Lipinski definition) is 2. The van der Waals surface area contributed by atoms with E-state index in [1.165, 1.54) is 0 Å². The first kappa shape index (κ1) is 13.5. The highest BCUT2D eigenvalue weighted by molar-refractivity contribution is 5.76. The molecule has 3 N–H and O–H groups in total. The van der Waals surface area contributed by atoms with Gasteiger partial charge in [0.05, 0.1) is 13.7 Å². The van der Waals surface area contributed by atoms with Crippen LogP contribution in [0.5, 0.6) is 11.5 Å². The maximum Gasteiger partial charge on any atom is 0.317 e. The quantitative estimate of drug-likeness (QED) is 0.788. The summed E-state index contributed by atoms with van der Waals surface area (Å²) in [6.45, 7) is 2.89. The molecule has 0 atom stereocenters. The average molecular weight is 265 g/mol. The van der Waals surface area contributed by atoms with E-state index in [4.69, 9.17) is 15.2 Å². The molecular formula is C13H19N3O3. The summed E-state index contributed by atoms with van der Waals surface area (Å²) in [6, 6.07) is 5.57. The number of methoxy groups -OCH3 is 1. The Kier molecular flexibility index (Phi) is 4.46. The average Bonchev–Trinajstić information content (AvgIpc) is 2.84. The topological polar surface area (TPSA) is 76.8 Å². The molecule has 1 aliphatic rings. The monoisotopic (exact) mass is 265 g/mol. The zero-order valence-corrected chi connectivity index (χ0v) is 11.0. The molecule has 104 valence electrons. The molecule has 1 aromatic rings. The number of ether oxygens (including phenoxy) is 2. The van der Waals surface area contributed by atoms with E-state index < -0.39 is 0 Å². The van der Waals surface area contributed by atoms with Gasteiger partial charge in [0.2, 0.25) is 0 Å². The number of amides is 2. The van der Waals surface area contributed by atoms with E-state index >= 15 is 0 Å². The third-order valence-electron chi connectivity index (χ3n) is 3.03. The molecule has 1 aliphatic heterocycles. The third-order valence-corrected chi connectivity index (χ3v) is 3.03. The summed E-state index contributed by atoms with van der Waals surface area (Å²) in [5, 5.41) is 2.75. The Hall–Kier alpha value is -1.95. The van der Waals surface area contributed by atoms with Crippen molar-refractivity contribution in [1.29, 1.82) is 0 Å². The third kappa shape index (κ3) is 3.29. The first-order chi connectivity index (χ1) is 9.24. The molecule has 0 aromatic heterocycles. The molecule has 6 heteroatoms. The fourth-order valence-electron chi connectivity index (χ4n) is 1.95. The highest BCUT2D eigenvalue weighted by Gasteiger charge is 2.18. The number of nitrogens with zero attached hydrogens (tertiary/aromatic N) is 1. The lowest BCUT2D eigenvalue weighted by Gasteiger charge is -2.16. The summed E-state index contributed by atoms with van der Waals surface area (Å²) in [4.78, 5) is 13.1. The summed E-state index contributed by atoms with van der Waals surface area (Å²) < 4.78 is 10.9. The molecule has 6 nitrogen and oxygen atoms in total. The second-order valence-corrected chi connectivity index (χ2v) is 4.26. The molecule has 1 heterocycles. The van der Waals surface area contributed by atoms with E-state index in [9.17, 15) is 4.79 Å². The summed E-state index contributed by atoms with van der Waals surface area (Å²) in [5.41, 5.74) is 6.56. The minimum absolute atomic E-state index is 0.0333. The molecule has 0 aliphatic carbocycles. The maximum atomic E-state index is 11.3. The van der Waals surface area contributed by atoms with Crippen molar-refractivity contribution in [1.82, 2.24) is 10.2 Å². The molecule has 0 bridgehead atoms. The van der Waals surface area contributed by atoms with Crippen LogP contribution >= 0.6 is 0 Å². The zero-order valence-electron chi connectivity index (χ0n) is 11.0. The molecule has 2 rings (SSSR count). The fourth-order valence-corrected chi connectivity index (χ4v) is 1.95. The van der Waals surface area contributed by atoms with Gasteiger partial charge in [-0.05, 0) is 17.7 Å². The number of urea groups is 1. The van der Waals surface area contributed by atoms with Crippen LogP contribution in [-0.2, 0) is 6.54 Å². The Bertz CT molecular complexity index is 451. The molecule has 1 fully saturated rings. The lowest BCUT2D eigenvalue weighted by atomic mass is 10.2. The number of nitrogens with one attached hydrogen (secondary N) is 1. The van der Waals surface area contributed by atoms with Crippen LogP contribution in [0.3, 0.4) is 0 Å². The first-order valence-electron chi connectivity index (χ1n) is 6.27. The van der Waals surface area contributed by atoms with Gasteiger partial charge in [-0.25, -0.2) is 4.79 Å². The second kappa shape index (κ2) is 6.29. The Morgan fingerprint density at radius 3 is 2.89 bits per heavy atom. The number of carbonyl (C=O) groups excluding carboxylic acids is 1. The van der Waals surface area contributed by atoms with Crippen molar-refractivity contribution in [2.75, 3.05) is 33.4 Å². The van der Waals surface area contributed by atoms with Crippen molar-refractivity contribution in [3.63, 3.8) is 0 Å². The molecule has 2 amide bonds. The lowest BCUT2D eigenvalue weighted by Crippen LogP contribution is -2.31. The first-order valence-corrected chi connectivity index (χ1v) is 6.27. The van der Waals surface area contributed by atoms with Crippen LogP contribution < -0.4 is 20.5 Å². The standard InChI is InChI=1S/C13H19N3O3/c1-18-12-8-10(9-14)2-3-11(12)19-7-6-16-5-4-15-13(16)17/h2-3,8H,4-7,9,14H2,1H3,(H,15,17). The summed E-state index contributed by atoms with van der Waals surface area (Å²) in [5.74, 6) is 1.33. The Labute approximate surface area is 112 Å². The van der Waals surface area contributed by atoms with Crippen molar-refractivity contribution in [2.24, 2.45) is 5.73 Å². The van der Waals surface area contributed by atoms with Gasteiger partial charge in [0.1, 0.15) is 6.61 Å². The Morgan fingerprint density at radius 1 is 1.42 bits per heavy atom. The van der Waals surface area contributed by atoms with Gasteiger partial charge in [0, 0.05) is 19.6 Å². The van der Waals surface area contributed by atoms with Crippen molar-refractivity contribution < 1.29 is 14.3 Å². The number of benzene rings is 1. The summed E-state index contributed by atoms with van der Waals surface area (Å²) in [6.07, 6.45) is 0. The van der Waals surface area contributed by atoms with Gasteiger partial charge in [-0.3, -0.25) is 0 Å². The molecule has 0 radical (unpaired) electrons. The van der Waals surface area contributed by atoms with Gasteiger partial charge >= 0.3 is 6.03 Å². The van der Waals surface area contributed by atoms with Crippen molar-refractivity contribution >= 4 is 6.03 Å². The van der Waals surface area contributed by atoms with Crippen molar-refractivity contribution in [3.8, 4) is 11.5 Å². The SMILES string of the molecule is COc1cc(CN)ccc1OCCN1CCNC1=O. The van der Waals surface area contributed by atoms with Crippen LogP contribution in [0.2, 0.25) is 0 Å². The molecular weight excluding hydrogens is 246 g/mol. The lowest BCUT2D eigenvalue weighted by molar-refractivity contribution is 0.201. The van der Waals surface area contributed by atoms with E-state index in [0.29, 0.717) is 37.7 Å². The minimum atomic E-state index is -0.0333. The van der Waals surface area contributed by atoms with Gasteiger partial charge < -0.3 is 25.4 Å². The predicted octanol–water partition coefficient (Wildman–Crippen LogP) is 0.558. The smallest absolute Gasteiger partial charge is 0.317 e. The molecule has 0 unspecified atom stereocenters. The molecule has 0 saturated carbocycles. The van der Waals surface area contributed by atoms with Crippen LogP contribution in [0.15, 0.2) is 18.2 Å². The van der Waals surface area contributed by atoms with Crippen molar-refractivity contribution in [2.45, 2.75) is 6.54 Å². The number of rotatable bonds is 6. The molecule has 0 spiro atoms. The van der Waals surface area contributed by atoms with Crippen LogP contribution in [0.1, 0.15) is 5.56 Å². The number of carbonyl (C=O) groups is 1. The second-order valence-electron chi connectivity index (χ2n) is 4.26. The van der Waals surface area contributed by atoms with Crippen LogP contribution in [0.25, 0.3) is 0 Å². The molecule has 1 aromatic carbocycles. The maximum absolute atomic E-state index is 11.3. The van der Waals surface area contributed by atoms with E-state index in [2.05, 4.69) is 5.32 Å². The highest BCUT2D eigenvalue weighted by Crippen LogP contribution is 2.27. The zero-order chi connectivity index (χ0) is 13.7. The summed E-state index contributed by atoms with van der Waals surface area (Å²) >= 11 is 0. The van der Waals surface area contributed by atoms with Gasteiger partial charge in [0.15, 0.2) is 11.5 Å². The van der Waals surface area contributed by atoms with Gasteiger partial charge in [-0.15, -0.1) is 0 Å². The van der Waals surface area contributed by atoms with Crippen LogP contribution in [-0.4, -0.2) is 44.3 Å². The largest absolute Gasteiger partial charge is 0.493 e. The predicted molar refractivity (Wildman–Crippen MR) is 71.4 cm³/mol. The van der Waals surface area contributed by atoms with Crippen LogP contribution in [0, 0.1) is 0 Å². The van der Waals surface area contributed by atoms with Gasteiger partial charge in [0.25, 0.3) is 0 Å². The van der Waals surface area contributed by atoms with Crippen LogP contribution in [0.4, 0.5) is 4.79 Å². The van der Waals surface area contributed by atoms with Crippen molar-refractivity contribution in [3.05, 3.63) is 23.8 Å². The van der Waals surface area contributed by atoms with E-state index in [0.717, 1.165) is 12.1 Å². The normalized spacial score (nSPS) is 14.4. The minimum Gasteiger partial charge on any atom is -0.493 e. The molecule has 1 saturated heterocycles. The Balaban J connectivity index is 1.90. The molecule has 19 heavy (non-hydrogen) atoms. The number of nitrogens with two attached hydrogens (primary N) is 1. The Morgan fingerprint density at radius 2 is 2.26 bits per heavy atom. The van der Waals surface area contributed by atoms with Gasteiger partial charge in [-0.2, -0.15) is 0 Å². The van der Waals surface area contributed by atoms with E-state index in [-0.39, 0.29) is 6.03 Å².